The summed E-state index contributed by atoms with van der Waals surface area (Å²) in [6.07, 6.45) is 4.74. The number of pyridine rings is 1. The summed E-state index contributed by atoms with van der Waals surface area (Å²) in [5.41, 5.74) is 2.31. The Bertz CT molecular complexity index is 1590. The number of aliphatic imine (C=N–C) groups is 1. The summed E-state index contributed by atoms with van der Waals surface area (Å²) in [7, 11) is 0. The molecular weight excluding hydrogens is 551 g/mol. The molecule has 0 radical (unpaired) electrons. The highest BCUT2D eigenvalue weighted by molar-refractivity contribution is 7.11. The first-order chi connectivity index (χ1) is 18.9. The first kappa shape index (κ1) is 25.3. The lowest BCUT2D eigenvalue weighted by atomic mass is 9.92. The van der Waals surface area contributed by atoms with Crippen LogP contribution in [-0.2, 0) is 0 Å². The van der Waals surface area contributed by atoms with E-state index in [2.05, 4.69) is 20.4 Å². The number of nitrogens with one attached hydrogen (secondary N) is 1. The molecule has 0 aliphatic carbocycles. The minimum Gasteiger partial charge on any atom is -0.346 e. The molecule has 1 fully saturated rings. The largest absolute Gasteiger partial charge is 0.346 e. The molecular formula is C26H19ClF3N7OS. The summed E-state index contributed by atoms with van der Waals surface area (Å²) in [5.74, 6) is -0.313. The third kappa shape index (κ3) is 4.81. The van der Waals surface area contributed by atoms with Crippen LogP contribution < -0.4 is 5.32 Å². The lowest BCUT2D eigenvalue weighted by molar-refractivity contribution is 0.0564. The lowest BCUT2D eigenvalue weighted by Gasteiger charge is -2.32. The Morgan fingerprint density at radius 1 is 1.15 bits per heavy atom. The number of hydrogen-bond acceptors (Lipinski definition) is 7. The minimum absolute atomic E-state index is 0.139. The normalized spacial score (nSPS) is 18.9. The van der Waals surface area contributed by atoms with Gasteiger partial charge in [0.05, 0.1) is 11.7 Å². The van der Waals surface area contributed by atoms with E-state index in [1.54, 1.807) is 24.4 Å². The van der Waals surface area contributed by atoms with Crippen LogP contribution in [0.4, 0.5) is 13.2 Å². The van der Waals surface area contributed by atoms with Crippen LogP contribution in [0.25, 0.3) is 5.57 Å². The van der Waals surface area contributed by atoms with Gasteiger partial charge in [-0.3, -0.25) is 14.8 Å². The number of carbonyl (C=O) groups is 1. The third-order valence-corrected chi connectivity index (χ3v) is 7.55. The van der Waals surface area contributed by atoms with Crippen molar-refractivity contribution in [3.63, 3.8) is 0 Å². The lowest BCUT2D eigenvalue weighted by Crippen LogP contribution is -2.39. The van der Waals surface area contributed by atoms with Gasteiger partial charge in [-0.15, -0.1) is 11.3 Å². The second-order valence-corrected chi connectivity index (χ2v) is 10.2. The highest BCUT2D eigenvalue weighted by Crippen LogP contribution is 2.46. The predicted molar refractivity (Wildman–Crippen MR) is 140 cm³/mol. The molecule has 39 heavy (non-hydrogen) atoms. The Labute approximate surface area is 229 Å². The molecule has 0 bridgehead atoms. The Morgan fingerprint density at radius 3 is 2.72 bits per heavy atom. The molecule has 4 aromatic rings. The predicted octanol–water partition coefficient (Wildman–Crippen LogP) is 5.34. The van der Waals surface area contributed by atoms with Gasteiger partial charge < -0.3 is 10.2 Å². The number of alkyl halides is 2. The van der Waals surface area contributed by atoms with E-state index >= 15 is 0 Å². The zero-order chi connectivity index (χ0) is 27.1. The number of carbonyl (C=O) groups excluding carboxylic acids is 1. The number of rotatable bonds is 6. The fourth-order valence-corrected chi connectivity index (χ4v) is 5.72. The average Bonchev–Trinajstić information content (AvgIpc) is 3.69. The van der Waals surface area contributed by atoms with E-state index < -0.39 is 18.4 Å². The fourth-order valence-electron chi connectivity index (χ4n) is 4.81. The minimum atomic E-state index is -2.83. The van der Waals surface area contributed by atoms with Gasteiger partial charge in [0.1, 0.15) is 17.6 Å². The molecule has 0 spiro atoms. The van der Waals surface area contributed by atoms with Gasteiger partial charge in [-0.2, -0.15) is 13.9 Å². The van der Waals surface area contributed by atoms with Gasteiger partial charge in [-0.1, -0.05) is 23.7 Å². The van der Waals surface area contributed by atoms with E-state index in [0.29, 0.717) is 39.6 Å². The summed E-state index contributed by atoms with van der Waals surface area (Å²) in [4.78, 5) is 28.4. The van der Waals surface area contributed by atoms with Crippen LogP contribution in [0.5, 0.6) is 0 Å². The van der Waals surface area contributed by atoms with E-state index in [9.17, 15) is 18.0 Å². The van der Waals surface area contributed by atoms with Crippen LogP contribution in [0.1, 0.15) is 45.8 Å². The zero-order valence-corrected chi connectivity index (χ0v) is 21.6. The molecule has 2 atom stereocenters. The molecule has 0 saturated carbocycles. The number of aromatic nitrogens is 4. The molecule has 0 unspecified atom stereocenters. The summed E-state index contributed by atoms with van der Waals surface area (Å²) in [5, 5.41) is 9.72. The highest BCUT2D eigenvalue weighted by atomic mass is 35.5. The first-order valence-electron chi connectivity index (χ1n) is 11.9. The monoisotopic (exact) mass is 569 g/mol. The number of thiazole rings is 1. The topological polar surface area (TPSA) is 88.3 Å². The second-order valence-electron chi connectivity index (χ2n) is 8.88. The Kier molecular flexibility index (Phi) is 6.65. The number of amides is 1. The number of nitrogens with zero attached hydrogens (tertiary/aromatic N) is 6. The summed E-state index contributed by atoms with van der Waals surface area (Å²) in [6.45, 7) is -2.48. The van der Waals surface area contributed by atoms with E-state index in [1.165, 1.54) is 48.0 Å². The molecule has 8 nitrogen and oxygen atoms in total. The molecule has 1 saturated heterocycles. The molecule has 5 heterocycles. The van der Waals surface area contributed by atoms with E-state index in [1.807, 2.05) is 10.3 Å². The summed E-state index contributed by atoms with van der Waals surface area (Å²) >= 11 is 7.87. The highest BCUT2D eigenvalue weighted by Gasteiger charge is 2.41. The molecule has 13 heteroatoms. The third-order valence-electron chi connectivity index (χ3n) is 6.46. The van der Waals surface area contributed by atoms with Gasteiger partial charge in [0.15, 0.2) is 10.8 Å². The van der Waals surface area contributed by atoms with Gasteiger partial charge in [-0.05, 0) is 30.3 Å². The van der Waals surface area contributed by atoms with Crippen molar-refractivity contribution >= 4 is 40.3 Å². The fraction of sp³-hybridized carbons (Fsp3) is 0.192. The van der Waals surface area contributed by atoms with Crippen molar-refractivity contribution in [3.05, 3.63) is 105 Å². The maximum absolute atomic E-state index is 14.0. The van der Waals surface area contributed by atoms with Crippen LogP contribution >= 0.6 is 22.9 Å². The molecule has 198 valence electrons. The first-order valence-corrected chi connectivity index (χ1v) is 13.1. The van der Waals surface area contributed by atoms with Crippen LogP contribution in [0, 0.1) is 5.82 Å². The van der Waals surface area contributed by atoms with Crippen LogP contribution in [-0.4, -0.2) is 49.0 Å². The van der Waals surface area contributed by atoms with Crippen LogP contribution in [0.15, 0.2) is 77.1 Å². The number of amidine groups is 1. The molecule has 2 aliphatic heterocycles. The molecule has 1 aromatic carbocycles. The van der Waals surface area contributed by atoms with Gasteiger partial charge in [0, 0.05) is 58.8 Å². The summed E-state index contributed by atoms with van der Waals surface area (Å²) < 4.78 is 41.5. The molecule has 1 amide bonds. The SMILES string of the molecule is O=C(N[C@H]1CC2=C(c3ccn(C(F)F)n3)[C@H](c3ccc(F)cc3Cl)N=C(c3nccs3)N2C1)c1ccccn1. The zero-order valence-electron chi connectivity index (χ0n) is 20.0. The molecule has 3 aromatic heterocycles. The van der Waals surface area contributed by atoms with Crippen molar-refractivity contribution in [1.82, 2.24) is 30.0 Å². The van der Waals surface area contributed by atoms with E-state index in [-0.39, 0.29) is 28.4 Å². The Morgan fingerprint density at radius 2 is 2.03 bits per heavy atom. The summed E-state index contributed by atoms with van der Waals surface area (Å²) in [6, 6.07) is 9.41. The van der Waals surface area contributed by atoms with Crippen molar-refractivity contribution in [1.29, 1.82) is 0 Å². The van der Waals surface area contributed by atoms with E-state index in [4.69, 9.17) is 16.6 Å². The standard InChI is InChI=1S/C26H19ClF3N7OS/c27-17-11-14(28)4-5-16(17)22-21(18-6-9-37(35-18)26(29)30)20-12-15(33-24(38)19-3-1-2-7-31-19)13-36(20)23(34-22)25-32-8-10-39-25/h1-11,15,22,26H,12-13H2,(H,33,38)/t15-,22-/m0/s1. The Balaban J connectivity index is 1.48. The van der Waals surface area contributed by atoms with Gasteiger partial charge in [0.2, 0.25) is 0 Å². The van der Waals surface area contributed by atoms with Crippen LogP contribution in [0.2, 0.25) is 5.02 Å². The van der Waals surface area contributed by atoms with Gasteiger partial charge in [-0.25, -0.2) is 14.1 Å². The van der Waals surface area contributed by atoms with Crippen molar-refractivity contribution in [2.45, 2.75) is 25.1 Å². The number of fused-ring (bicyclic) bond motifs is 1. The molecule has 6 rings (SSSR count). The van der Waals surface area contributed by atoms with Gasteiger partial charge >= 0.3 is 6.55 Å². The quantitative estimate of drug-likeness (QED) is 0.339. The maximum atomic E-state index is 14.0. The smallest absolute Gasteiger partial charge is 0.333 e. The van der Waals surface area contributed by atoms with Crippen molar-refractivity contribution in [2.24, 2.45) is 4.99 Å². The number of benzene rings is 1. The van der Waals surface area contributed by atoms with Gasteiger partial charge in [0.25, 0.3) is 5.91 Å². The number of hydrogen-bond donors (Lipinski definition) is 1. The van der Waals surface area contributed by atoms with Crippen molar-refractivity contribution in [3.8, 4) is 0 Å². The van der Waals surface area contributed by atoms with Crippen molar-refractivity contribution < 1.29 is 18.0 Å². The molecule has 1 N–H and O–H groups in total. The maximum Gasteiger partial charge on any atom is 0.333 e. The van der Waals surface area contributed by atoms with E-state index in [0.717, 1.165) is 5.70 Å². The second kappa shape index (κ2) is 10.3. The number of halogens is 4. The Hall–Kier alpha value is -4.03. The molecule has 2 aliphatic rings. The van der Waals surface area contributed by atoms with Crippen LogP contribution in [0.3, 0.4) is 0 Å². The van der Waals surface area contributed by atoms with Crippen molar-refractivity contribution in [2.75, 3.05) is 6.54 Å². The average molecular weight is 570 g/mol.